The zero-order chi connectivity index (χ0) is 13.0. The second-order valence-electron chi connectivity index (χ2n) is 3.78. The zero-order valence-corrected chi connectivity index (χ0v) is 10.6. The lowest BCUT2D eigenvalue weighted by Gasteiger charge is -2.14. The van der Waals surface area contributed by atoms with Gasteiger partial charge in [0.1, 0.15) is 5.75 Å². The highest BCUT2D eigenvalue weighted by atomic mass is 32.1. The van der Waals surface area contributed by atoms with Gasteiger partial charge >= 0.3 is 6.61 Å². The van der Waals surface area contributed by atoms with Crippen LogP contribution in [0.1, 0.15) is 17.8 Å². The summed E-state index contributed by atoms with van der Waals surface area (Å²) in [6, 6.07) is 10.7. The van der Waals surface area contributed by atoms with Crippen LogP contribution < -0.4 is 10.1 Å². The van der Waals surface area contributed by atoms with Gasteiger partial charge in [-0.2, -0.15) is 8.78 Å². The largest absolute Gasteiger partial charge is 0.435 e. The van der Waals surface area contributed by atoms with Crippen LogP contribution in [0.5, 0.6) is 5.75 Å². The summed E-state index contributed by atoms with van der Waals surface area (Å²) in [5.74, 6) is 0.166. The van der Waals surface area contributed by atoms with Crippen LogP contribution in [0.2, 0.25) is 0 Å². The molecule has 1 N–H and O–H groups in total. The molecule has 0 aliphatic rings. The molecule has 1 heterocycles. The highest BCUT2D eigenvalue weighted by molar-refractivity contribution is 7.10. The molecular weight excluding hydrogens is 256 g/mol. The smallest absolute Gasteiger partial charge is 0.387 e. The second-order valence-corrected chi connectivity index (χ2v) is 4.76. The van der Waals surface area contributed by atoms with Crippen LogP contribution in [0.25, 0.3) is 0 Å². The van der Waals surface area contributed by atoms with Crippen LogP contribution in [-0.4, -0.2) is 6.61 Å². The van der Waals surface area contributed by atoms with Crippen LogP contribution in [0, 0.1) is 0 Å². The van der Waals surface area contributed by atoms with Gasteiger partial charge in [-0.3, -0.25) is 0 Å². The number of hydrogen-bond donors (Lipinski definition) is 1. The lowest BCUT2D eigenvalue weighted by Crippen LogP contribution is -2.05. The Balaban J connectivity index is 1.98. The van der Waals surface area contributed by atoms with Crippen molar-refractivity contribution in [3.63, 3.8) is 0 Å². The molecule has 1 aromatic carbocycles. The number of nitrogens with one attached hydrogen (secondary N) is 1. The van der Waals surface area contributed by atoms with E-state index in [1.54, 1.807) is 23.5 Å². The first-order valence-electron chi connectivity index (χ1n) is 5.50. The summed E-state index contributed by atoms with van der Waals surface area (Å²) in [5.41, 5.74) is 0.873. The van der Waals surface area contributed by atoms with Gasteiger partial charge in [0.25, 0.3) is 0 Å². The normalized spacial score (nSPS) is 12.4. The molecule has 1 unspecified atom stereocenters. The molecule has 1 atom stereocenters. The lowest BCUT2D eigenvalue weighted by molar-refractivity contribution is -0.0498. The van der Waals surface area contributed by atoms with Crippen molar-refractivity contribution in [1.29, 1.82) is 0 Å². The molecule has 0 fully saturated rings. The highest BCUT2D eigenvalue weighted by Crippen LogP contribution is 2.24. The Morgan fingerprint density at radius 1 is 1.17 bits per heavy atom. The predicted molar refractivity (Wildman–Crippen MR) is 69.4 cm³/mol. The van der Waals surface area contributed by atoms with Gasteiger partial charge in [0.15, 0.2) is 0 Å². The van der Waals surface area contributed by atoms with Crippen molar-refractivity contribution in [2.24, 2.45) is 0 Å². The number of halogens is 2. The fourth-order valence-electron chi connectivity index (χ4n) is 1.59. The van der Waals surface area contributed by atoms with Crippen molar-refractivity contribution in [3.8, 4) is 5.75 Å². The van der Waals surface area contributed by atoms with Crippen LogP contribution in [0.3, 0.4) is 0 Å². The second kappa shape index (κ2) is 5.82. The van der Waals surface area contributed by atoms with E-state index in [4.69, 9.17) is 0 Å². The lowest BCUT2D eigenvalue weighted by atomic mass is 10.2. The Labute approximate surface area is 108 Å². The minimum atomic E-state index is -2.78. The molecule has 0 saturated heterocycles. The van der Waals surface area contributed by atoms with E-state index in [0.29, 0.717) is 0 Å². The monoisotopic (exact) mass is 269 g/mol. The van der Waals surface area contributed by atoms with E-state index >= 15 is 0 Å². The van der Waals surface area contributed by atoms with Crippen LogP contribution in [0.15, 0.2) is 41.8 Å². The van der Waals surface area contributed by atoms with Gasteiger partial charge in [0, 0.05) is 10.6 Å². The maximum Gasteiger partial charge on any atom is 0.387 e. The Hall–Kier alpha value is -1.62. The molecule has 0 bridgehead atoms. The first-order chi connectivity index (χ1) is 8.65. The summed E-state index contributed by atoms with van der Waals surface area (Å²) in [7, 11) is 0. The number of thiophene rings is 1. The van der Waals surface area contributed by atoms with E-state index in [9.17, 15) is 8.78 Å². The molecule has 0 aliphatic carbocycles. The van der Waals surface area contributed by atoms with Gasteiger partial charge < -0.3 is 10.1 Å². The van der Waals surface area contributed by atoms with E-state index in [-0.39, 0.29) is 11.8 Å². The van der Waals surface area contributed by atoms with E-state index < -0.39 is 6.61 Å². The average Bonchev–Trinajstić information content (AvgIpc) is 2.84. The SMILES string of the molecule is CC(Nc1ccc(OC(F)F)cc1)c1cccs1. The Bertz CT molecular complexity index is 470. The molecule has 96 valence electrons. The Morgan fingerprint density at radius 2 is 1.89 bits per heavy atom. The fraction of sp³-hybridized carbons (Fsp3) is 0.231. The van der Waals surface area contributed by atoms with Gasteiger partial charge in [-0.15, -0.1) is 11.3 Å². The fourth-order valence-corrected chi connectivity index (χ4v) is 2.33. The molecule has 18 heavy (non-hydrogen) atoms. The first-order valence-corrected chi connectivity index (χ1v) is 6.38. The molecule has 2 aromatic rings. The number of anilines is 1. The number of rotatable bonds is 5. The molecule has 2 nitrogen and oxygen atoms in total. The van der Waals surface area contributed by atoms with Crippen LogP contribution in [-0.2, 0) is 0 Å². The summed E-state index contributed by atoms with van der Waals surface area (Å²) in [5, 5.41) is 5.31. The zero-order valence-electron chi connectivity index (χ0n) is 9.77. The number of benzene rings is 1. The molecule has 1 aromatic heterocycles. The molecular formula is C13H13F2NOS. The molecule has 0 radical (unpaired) electrons. The minimum absolute atomic E-state index is 0.166. The minimum Gasteiger partial charge on any atom is -0.435 e. The summed E-state index contributed by atoms with van der Waals surface area (Å²) >= 11 is 1.68. The summed E-state index contributed by atoms with van der Waals surface area (Å²) in [6.45, 7) is -0.732. The van der Waals surface area contributed by atoms with Gasteiger partial charge in [0.05, 0.1) is 6.04 Å². The molecule has 0 aliphatic heterocycles. The van der Waals surface area contributed by atoms with Crippen molar-refractivity contribution in [1.82, 2.24) is 0 Å². The van der Waals surface area contributed by atoms with E-state index in [0.717, 1.165) is 5.69 Å². The van der Waals surface area contributed by atoms with Crippen molar-refractivity contribution in [2.75, 3.05) is 5.32 Å². The molecule has 2 rings (SSSR count). The third-order valence-electron chi connectivity index (χ3n) is 2.43. The summed E-state index contributed by atoms with van der Waals surface area (Å²) < 4.78 is 28.2. The quantitative estimate of drug-likeness (QED) is 0.861. The van der Waals surface area contributed by atoms with E-state index in [1.165, 1.54) is 17.0 Å². The molecule has 5 heteroatoms. The summed E-state index contributed by atoms with van der Waals surface area (Å²) in [4.78, 5) is 1.22. The standard InChI is InChI=1S/C13H13F2NOS/c1-9(12-3-2-8-18-12)16-10-4-6-11(7-5-10)17-13(14)15/h2-9,13,16H,1H3. The molecule has 0 saturated carbocycles. The van der Waals surface area contributed by atoms with Crippen molar-refractivity contribution < 1.29 is 13.5 Å². The number of alkyl halides is 2. The van der Waals surface area contributed by atoms with Gasteiger partial charge in [-0.1, -0.05) is 6.07 Å². The van der Waals surface area contributed by atoms with Crippen LogP contribution >= 0.6 is 11.3 Å². The van der Waals surface area contributed by atoms with Crippen LogP contribution in [0.4, 0.5) is 14.5 Å². The van der Waals surface area contributed by atoms with E-state index in [2.05, 4.69) is 23.0 Å². The summed E-state index contributed by atoms with van der Waals surface area (Å²) in [6.07, 6.45) is 0. The highest BCUT2D eigenvalue weighted by Gasteiger charge is 2.07. The van der Waals surface area contributed by atoms with Gasteiger partial charge in [0.2, 0.25) is 0 Å². The predicted octanol–water partition coefficient (Wildman–Crippen LogP) is 4.52. The molecule has 0 spiro atoms. The number of ether oxygens (including phenoxy) is 1. The van der Waals surface area contributed by atoms with Gasteiger partial charge in [-0.25, -0.2) is 0 Å². The Morgan fingerprint density at radius 3 is 2.44 bits per heavy atom. The third-order valence-corrected chi connectivity index (χ3v) is 3.49. The maximum atomic E-state index is 12.0. The van der Waals surface area contributed by atoms with Gasteiger partial charge in [-0.05, 0) is 42.6 Å². The first kappa shape index (κ1) is 12.8. The Kier molecular flexibility index (Phi) is 4.15. The third kappa shape index (κ3) is 3.43. The maximum absolute atomic E-state index is 12.0. The topological polar surface area (TPSA) is 21.3 Å². The average molecular weight is 269 g/mol. The van der Waals surface area contributed by atoms with Crippen molar-refractivity contribution in [3.05, 3.63) is 46.7 Å². The molecule has 0 amide bonds. The number of hydrogen-bond acceptors (Lipinski definition) is 3. The van der Waals surface area contributed by atoms with Crippen molar-refractivity contribution in [2.45, 2.75) is 19.6 Å². The van der Waals surface area contributed by atoms with E-state index in [1.807, 2.05) is 11.4 Å². The van der Waals surface area contributed by atoms with Crippen molar-refractivity contribution >= 4 is 17.0 Å².